The van der Waals surface area contributed by atoms with Crippen LogP contribution in [0.5, 0.6) is 0 Å². The summed E-state index contributed by atoms with van der Waals surface area (Å²) < 4.78 is 18.8. The van der Waals surface area contributed by atoms with E-state index in [4.69, 9.17) is 10.5 Å². The fraction of sp³-hybridized carbons (Fsp3) is 0.462. The van der Waals surface area contributed by atoms with Crippen molar-refractivity contribution >= 4 is 5.97 Å². The molecule has 0 amide bonds. The highest BCUT2D eigenvalue weighted by Gasteiger charge is 2.52. The molecule has 0 unspecified atom stereocenters. The number of benzene rings is 1. The van der Waals surface area contributed by atoms with Gasteiger partial charge in [-0.15, -0.1) is 0 Å². The third-order valence-electron chi connectivity index (χ3n) is 3.28. The number of carbonyl (C=O) groups excluding carboxylic acids is 1. The predicted molar refractivity (Wildman–Crippen MR) is 61.9 cm³/mol. The van der Waals surface area contributed by atoms with Crippen LogP contribution >= 0.6 is 0 Å². The topological polar surface area (TPSA) is 52.3 Å². The van der Waals surface area contributed by atoms with E-state index in [2.05, 4.69) is 0 Å². The quantitative estimate of drug-likeness (QED) is 0.815. The molecule has 0 aromatic heterocycles. The maximum absolute atomic E-state index is 13.8. The van der Waals surface area contributed by atoms with Crippen molar-refractivity contribution in [1.82, 2.24) is 0 Å². The molecule has 0 heterocycles. The highest BCUT2D eigenvalue weighted by Crippen LogP contribution is 2.45. The normalized spacial score (nSPS) is 27.4. The molecule has 1 aliphatic carbocycles. The lowest BCUT2D eigenvalue weighted by atomic mass is 9.61. The number of ether oxygens (including phenoxy) is 1. The second-order valence-electron chi connectivity index (χ2n) is 4.45. The lowest BCUT2D eigenvalue weighted by Crippen LogP contribution is -2.55. The minimum atomic E-state index is -0.874. The summed E-state index contributed by atoms with van der Waals surface area (Å²) in [5.41, 5.74) is 5.27. The van der Waals surface area contributed by atoms with E-state index in [1.54, 1.807) is 25.1 Å². The zero-order valence-corrected chi connectivity index (χ0v) is 9.78. The van der Waals surface area contributed by atoms with Gasteiger partial charge in [-0.1, -0.05) is 18.2 Å². The van der Waals surface area contributed by atoms with Crippen molar-refractivity contribution in [2.24, 2.45) is 5.73 Å². The van der Waals surface area contributed by atoms with Crippen LogP contribution in [0.4, 0.5) is 4.39 Å². The Kier molecular flexibility index (Phi) is 3.15. The van der Waals surface area contributed by atoms with E-state index in [1.165, 1.54) is 6.07 Å². The van der Waals surface area contributed by atoms with Crippen molar-refractivity contribution in [3.05, 3.63) is 35.6 Å². The minimum absolute atomic E-state index is 0.0565. The average Bonchev–Trinajstić information content (AvgIpc) is 2.26. The van der Waals surface area contributed by atoms with Gasteiger partial charge in [0.2, 0.25) is 0 Å². The van der Waals surface area contributed by atoms with E-state index in [-0.39, 0.29) is 17.8 Å². The summed E-state index contributed by atoms with van der Waals surface area (Å²) in [6, 6.07) is 6.27. The van der Waals surface area contributed by atoms with Crippen LogP contribution in [-0.4, -0.2) is 18.6 Å². The molecule has 0 spiro atoms. The molecule has 4 heteroatoms. The van der Waals surface area contributed by atoms with Crippen molar-refractivity contribution in [2.75, 3.05) is 6.61 Å². The van der Waals surface area contributed by atoms with Crippen LogP contribution in [0.3, 0.4) is 0 Å². The molecule has 0 radical (unpaired) electrons. The number of esters is 1. The van der Waals surface area contributed by atoms with Gasteiger partial charge in [-0.2, -0.15) is 0 Å². The smallest absolute Gasteiger partial charge is 0.316 e. The molecule has 3 nitrogen and oxygen atoms in total. The van der Waals surface area contributed by atoms with Gasteiger partial charge in [-0.3, -0.25) is 4.79 Å². The molecular formula is C13H16FNO2. The number of nitrogens with two attached hydrogens (primary N) is 1. The fourth-order valence-corrected chi connectivity index (χ4v) is 2.45. The van der Waals surface area contributed by atoms with Gasteiger partial charge >= 0.3 is 5.97 Å². The van der Waals surface area contributed by atoms with Crippen LogP contribution in [0.2, 0.25) is 0 Å². The fourth-order valence-electron chi connectivity index (χ4n) is 2.45. The van der Waals surface area contributed by atoms with Gasteiger partial charge in [0.15, 0.2) is 0 Å². The summed E-state index contributed by atoms with van der Waals surface area (Å²) in [5, 5.41) is 0. The highest BCUT2D eigenvalue weighted by atomic mass is 19.1. The van der Waals surface area contributed by atoms with Gasteiger partial charge in [0.25, 0.3) is 0 Å². The van der Waals surface area contributed by atoms with Crippen LogP contribution in [-0.2, 0) is 14.9 Å². The van der Waals surface area contributed by atoms with Crippen molar-refractivity contribution < 1.29 is 13.9 Å². The Morgan fingerprint density at radius 1 is 1.53 bits per heavy atom. The predicted octanol–water partition coefficient (Wildman–Crippen LogP) is 1.75. The van der Waals surface area contributed by atoms with Crippen molar-refractivity contribution in [1.29, 1.82) is 0 Å². The van der Waals surface area contributed by atoms with E-state index in [9.17, 15) is 9.18 Å². The number of hydrogen-bond acceptors (Lipinski definition) is 3. The summed E-state index contributed by atoms with van der Waals surface area (Å²) >= 11 is 0. The van der Waals surface area contributed by atoms with E-state index >= 15 is 0 Å². The van der Waals surface area contributed by atoms with Gasteiger partial charge < -0.3 is 10.5 Å². The SMILES string of the molecule is CCOC(=O)C1(c2ccccc2F)CC(N)C1. The molecule has 0 aliphatic heterocycles. The summed E-state index contributed by atoms with van der Waals surface area (Å²) in [6.07, 6.45) is 0.902. The molecule has 1 saturated carbocycles. The van der Waals surface area contributed by atoms with Crippen LogP contribution in [0.25, 0.3) is 0 Å². The van der Waals surface area contributed by atoms with Crippen LogP contribution in [0, 0.1) is 5.82 Å². The van der Waals surface area contributed by atoms with Crippen LogP contribution in [0.1, 0.15) is 25.3 Å². The molecule has 1 aromatic rings. The molecule has 1 aromatic carbocycles. The first-order chi connectivity index (χ1) is 8.10. The Labute approximate surface area is 99.8 Å². The van der Waals surface area contributed by atoms with Gasteiger partial charge in [0, 0.05) is 11.6 Å². The second kappa shape index (κ2) is 4.45. The first-order valence-corrected chi connectivity index (χ1v) is 5.78. The van der Waals surface area contributed by atoms with Crippen molar-refractivity contribution in [3.63, 3.8) is 0 Å². The standard InChI is InChI=1S/C13H16FNO2/c1-2-17-12(16)13(7-9(15)8-13)10-5-3-4-6-11(10)14/h3-6,9H,2,7-8,15H2,1H3. The molecular weight excluding hydrogens is 221 g/mol. The Bertz CT molecular complexity index is 427. The maximum Gasteiger partial charge on any atom is 0.316 e. The lowest BCUT2D eigenvalue weighted by Gasteiger charge is -2.44. The van der Waals surface area contributed by atoms with Gasteiger partial charge in [-0.05, 0) is 25.8 Å². The summed E-state index contributed by atoms with van der Waals surface area (Å²) in [6.45, 7) is 2.04. The van der Waals surface area contributed by atoms with E-state index < -0.39 is 5.41 Å². The van der Waals surface area contributed by atoms with Crippen molar-refractivity contribution in [3.8, 4) is 0 Å². The first-order valence-electron chi connectivity index (χ1n) is 5.78. The third-order valence-corrected chi connectivity index (χ3v) is 3.28. The first kappa shape index (κ1) is 12.0. The molecule has 0 saturated heterocycles. The second-order valence-corrected chi connectivity index (χ2v) is 4.45. The van der Waals surface area contributed by atoms with E-state index in [0.29, 0.717) is 25.0 Å². The summed E-state index contributed by atoms with van der Waals surface area (Å²) in [7, 11) is 0. The molecule has 2 N–H and O–H groups in total. The number of halogens is 1. The summed E-state index contributed by atoms with van der Waals surface area (Å²) in [5.74, 6) is -0.737. The molecule has 2 rings (SSSR count). The Balaban J connectivity index is 2.36. The van der Waals surface area contributed by atoms with Crippen LogP contribution in [0.15, 0.2) is 24.3 Å². The molecule has 1 fully saturated rings. The van der Waals surface area contributed by atoms with Crippen LogP contribution < -0.4 is 5.73 Å². The maximum atomic E-state index is 13.8. The van der Waals surface area contributed by atoms with Gasteiger partial charge in [0.1, 0.15) is 5.82 Å². The monoisotopic (exact) mass is 237 g/mol. The molecule has 1 aliphatic rings. The molecule has 17 heavy (non-hydrogen) atoms. The third kappa shape index (κ3) is 1.93. The zero-order valence-electron chi connectivity index (χ0n) is 9.78. The highest BCUT2D eigenvalue weighted by molar-refractivity contribution is 5.85. The number of rotatable bonds is 3. The van der Waals surface area contributed by atoms with Gasteiger partial charge in [0.05, 0.1) is 12.0 Å². The number of hydrogen-bond donors (Lipinski definition) is 1. The molecule has 0 atom stereocenters. The molecule has 0 bridgehead atoms. The van der Waals surface area contributed by atoms with E-state index in [0.717, 1.165) is 0 Å². The minimum Gasteiger partial charge on any atom is -0.465 e. The molecule has 92 valence electrons. The Morgan fingerprint density at radius 2 is 2.18 bits per heavy atom. The average molecular weight is 237 g/mol. The largest absolute Gasteiger partial charge is 0.465 e. The lowest BCUT2D eigenvalue weighted by molar-refractivity contribution is -0.154. The van der Waals surface area contributed by atoms with E-state index in [1.807, 2.05) is 0 Å². The Morgan fingerprint density at radius 3 is 2.71 bits per heavy atom. The van der Waals surface area contributed by atoms with Gasteiger partial charge in [-0.25, -0.2) is 4.39 Å². The Hall–Kier alpha value is -1.42. The zero-order chi connectivity index (χ0) is 12.5. The summed E-state index contributed by atoms with van der Waals surface area (Å²) in [4.78, 5) is 12.0. The number of carbonyl (C=O) groups is 1. The van der Waals surface area contributed by atoms with Crippen molar-refractivity contribution in [2.45, 2.75) is 31.2 Å².